The summed E-state index contributed by atoms with van der Waals surface area (Å²) in [5.74, 6) is 1.43. The number of hydrogen-bond acceptors (Lipinski definition) is 4. The summed E-state index contributed by atoms with van der Waals surface area (Å²) in [7, 11) is 0. The number of ether oxygens (including phenoxy) is 2. The zero-order valence-electron chi connectivity index (χ0n) is 16.7. The predicted octanol–water partition coefficient (Wildman–Crippen LogP) is 4.97. The van der Waals surface area contributed by atoms with Crippen LogP contribution < -0.4 is 5.32 Å². The molecule has 30 heavy (non-hydrogen) atoms. The first kappa shape index (κ1) is 18.5. The average Bonchev–Trinajstić information content (AvgIpc) is 3.50. The van der Waals surface area contributed by atoms with Crippen LogP contribution in [-0.4, -0.2) is 19.1 Å². The quantitative estimate of drug-likeness (QED) is 0.662. The van der Waals surface area contributed by atoms with Crippen LogP contribution in [0.25, 0.3) is 0 Å². The molecule has 150 valence electrons. The Morgan fingerprint density at radius 3 is 2.10 bits per heavy atom. The summed E-state index contributed by atoms with van der Waals surface area (Å²) in [5, 5.41) is 3.56. The maximum Gasteiger partial charge on any atom is 0.218 e. The van der Waals surface area contributed by atoms with E-state index in [1.165, 1.54) is 16.7 Å². The van der Waals surface area contributed by atoms with Crippen molar-refractivity contribution in [2.45, 2.75) is 18.5 Å². The molecular formula is C26H24N2O2. The molecule has 2 aliphatic rings. The van der Waals surface area contributed by atoms with Crippen molar-refractivity contribution in [3.8, 4) is 0 Å². The molecule has 3 aromatic carbocycles. The van der Waals surface area contributed by atoms with Crippen molar-refractivity contribution in [2.75, 3.05) is 13.2 Å². The van der Waals surface area contributed by atoms with Gasteiger partial charge in [-0.05, 0) is 16.7 Å². The Labute approximate surface area is 176 Å². The molecule has 5 rings (SSSR count). The molecule has 0 unspecified atom stereocenters. The molecule has 1 N–H and O–H groups in total. The van der Waals surface area contributed by atoms with Gasteiger partial charge < -0.3 is 14.8 Å². The van der Waals surface area contributed by atoms with Crippen molar-refractivity contribution < 1.29 is 9.47 Å². The Balaban J connectivity index is 1.46. The molecule has 2 heterocycles. The standard InChI is InChI=1S/C26H24N2O2/c1-4-10-19(11-5-1)16-22(25-27-23(17-29-25)20-12-6-2-7-13-20)26-28-24(18-30-26)21-14-8-3-9-15-21/h1-15,23-24,27H,16-18H2/b25-22+/t23-,24-/m1/s1. The second-order valence-corrected chi connectivity index (χ2v) is 7.56. The highest BCUT2D eigenvalue weighted by Crippen LogP contribution is 2.30. The molecular weight excluding hydrogens is 372 g/mol. The Hall–Kier alpha value is -3.53. The van der Waals surface area contributed by atoms with E-state index in [1.807, 2.05) is 30.3 Å². The Bertz CT molecular complexity index is 1050. The highest BCUT2D eigenvalue weighted by molar-refractivity contribution is 5.95. The van der Waals surface area contributed by atoms with E-state index in [9.17, 15) is 0 Å². The molecule has 3 aromatic rings. The van der Waals surface area contributed by atoms with Gasteiger partial charge in [0.1, 0.15) is 19.3 Å². The molecule has 1 fully saturated rings. The van der Waals surface area contributed by atoms with Gasteiger partial charge in [0, 0.05) is 6.42 Å². The van der Waals surface area contributed by atoms with Crippen LogP contribution in [0.15, 0.2) is 107 Å². The van der Waals surface area contributed by atoms with Crippen LogP contribution in [0.5, 0.6) is 0 Å². The predicted molar refractivity (Wildman–Crippen MR) is 118 cm³/mol. The highest BCUT2D eigenvalue weighted by atomic mass is 16.5. The first-order valence-corrected chi connectivity index (χ1v) is 10.3. The van der Waals surface area contributed by atoms with Crippen molar-refractivity contribution in [2.24, 2.45) is 4.99 Å². The highest BCUT2D eigenvalue weighted by Gasteiger charge is 2.30. The number of rotatable bonds is 5. The number of hydrogen-bond donors (Lipinski definition) is 1. The summed E-state index contributed by atoms with van der Waals surface area (Å²) in [5.41, 5.74) is 4.54. The van der Waals surface area contributed by atoms with Gasteiger partial charge in [0.2, 0.25) is 5.90 Å². The van der Waals surface area contributed by atoms with Crippen LogP contribution in [0.4, 0.5) is 0 Å². The van der Waals surface area contributed by atoms with Gasteiger partial charge in [-0.25, -0.2) is 4.99 Å². The molecule has 0 aromatic heterocycles. The van der Waals surface area contributed by atoms with E-state index < -0.39 is 0 Å². The van der Waals surface area contributed by atoms with Gasteiger partial charge >= 0.3 is 0 Å². The van der Waals surface area contributed by atoms with Gasteiger partial charge in [-0.2, -0.15) is 0 Å². The van der Waals surface area contributed by atoms with E-state index in [-0.39, 0.29) is 12.1 Å². The molecule has 0 bridgehead atoms. The van der Waals surface area contributed by atoms with E-state index in [1.54, 1.807) is 0 Å². The van der Waals surface area contributed by atoms with Gasteiger partial charge in [-0.3, -0.25) is 0 Å². The van der Waals surface area contributed by atoms with Crippen molar-refractivity contribution in [3.63, 3.8) is 0 Å². The molecule has 4 nitrogen and oxygen atoms in total. The van der Waals surface area contributed by atoms with E-state index in [0.717, 1.165) is 11.5 Å². The van der Waals surface area contributed by atoms with Crippen molar-refractivity contribution in [3.05, 3.63) is 119 Å². The van der Waals surface area contributed by atoms with E-state index in [0.29, 0.717) is 25.5 Å². The minimum atomic E-state index is 0.0129. The first-order chi connectivity index (χ1) is 14.9. The summed E-state index contributed by atoms with van der Waals surface area (Å²) >= 11 is 0. The molecule has 2 aliphatic heterocycles. The van der Waals surface area contributed by atoms with Crippen molar-refractivity contribution >= 4 is 5.90 Å². The monoisotopic (exact) mass is 396 g/mol. The van der Waals surface area contributed by atoms with Crippen LogP contribution in [-0.2, 0) is 15.9 Å². The SMILES string of the molecule is c1ccc(C/C(C2=N[C@@H](c3ccccc3)CO2)=C2/N[C@@H](c3ccccc3)CO2)cc1. The Kier molecular flexibility index (Phi) is 5.21. The first-order valence-electron chi connectivity index (χ1n) is 10.3. The topological polar surface area (TPSA) is 42.8 Å². The zero-order valence-corrected chi connectivity index (χ0v) is 16.7. The third-order valence-electron chi connectivity index (χ3n) is 5.49. The second-order valence-electron chi connectivity index (χ2n) is 7.56. The lowest BCUT2D eigenvalue weighted by atomic mass is 10.0. The third-order valence-corrected chi connectivity index (χ3v) is 5.49. The van der Waals surface area contributed by atoms with Gasteiger partial charge in [-0.1, -0.05) is 91.0 Å². The van der Waals surface area contributed by atoms with Gasteiger partial charge in [-0.15, -0.1) is 0 Å². The lowest BCUT2D eigenvalue weighted by Crippen LogP contribution is -2.18. The fourth-order valence-corrected chi connectivity index (χ4v) is 3.89. The lowest BCUT2D eigenvalue weighted by molar-refractivity contribution is 0.249. The van der Waals surface area contributed by atoms with E-state index in [4.69, 9.17) is 14.5 Å². The number of aliphatic imine (C=N–C) groups is 1. The zero-order chi connectivity index (χ0) is 20.2. The smallest absolute Gasteiger partial charge is 0.218 e. The summed E-state index contributed by atoms with van der Waals surface area (Å²) in [4.78, 5) is 4.91. The largest absolute Gasteiger partial charge is 0.476 e. The summed E-state index contributed by atoms with van der Waals surface area (Å²) < 4.78 is 12.2. The fraction of sp³-hybridized carbons (Fsp3) is 0.192. The van der Waals surface area contributed by atoms with Gasteiger partial charge in [0.25, 0.3) is 0 Å². The molecule has 1 saturated heterocycles. The minimum Gasteiger partial charge on any atom is -0.476 e. The van der Waals surface area contributed by atoms with E-state index >= 15 is 0 Å². The maximum atomic E-state index is 6.12. The second kappa shape index (κ2) is 8.46. The molecule has 4 heteroatoms. The summed E-state index contributed by atoms with van der Waals surface area (Å²) in [6.45, 7) is 1.14. The van der Waals surface area contributed by atoms with E-state index in [2.05, 4.69) is 66.0 Å². The molecule has 0 amide bonds. The minimum absolute atomic E-state index is 0.0129. The van der Waals surface area contributed by atoms with Crippen molar-refractivity contribution in [1.29, 1.82) is 0 Å². The van der Waals surface area contributed by atoms with Gasteiger partial charge in [0.05, 0.1) is 11.6 Å². The Morgan fingerprint density at radius 2 is 1.40 bits per heavy atom. The third kappa shape index (κ3) is 3.94. The molecule has 0 saturated carbocycles. The van der Waals surface area contributed by atoms with Gasteiger partial charge in [0.15, 0.2) is 5.88 Å². The maximum absolute atomic E-state index is 6.12. The average molecular weight is 396 g/mol. The lowest BCUT2D eigenvalue weighted by Gasteiger charge is -2.12. The number of nitrogens with zero attached hydrogens (tertiary/aromatic N) is 1. The fourth-order valence-electron chi connectivity index (χ4n) is 3.89. The normalized spacial score (nSPS) is 21.9. The van der Waals surface area contributed by atoms with Crippen LogP contribution in [0, 0.1) is 0 Å². The van der Waals surface area contributed by atoms with Crippen LogP contribution in [0.1, 0.15) is 28.8 Å². The summed E-state index contributed by atoms with van der Waals surface area (Å²) in [6.07, 6.45) is 0.699. The Morgan fingerprint density at radius 1 is 0.767 bits per heavy atom. The van der Waals surface area contributed by atoms with Crippen LogP contribution >= 0.6 is 0 Å². The molecule has 2 atom stereocenters. The van der Waals surface area contributed by atoms with Crippen LogP contribution in [0.3, 0.4) is 0 Å². The van der Waals surface area contributed by atoms with Crippen molar-refractivity contribution in [1.82, 2.24) is 5.32 Å². The molecule has 0 aliphatic carbocycles. The molecule has 0 spiro atoms. The number of benzene rings is 3. The van der Waals surface area contributed by atoms with Crippen LogP contribution in [0.2, 0.25) is 0 Å². The number of nitrogens with one attached hydrogen (secondary N) is 1. The molecule has 0 radical (unpaired) electrons. The summed E-state index contributed by atoms with van der Waals surface area (Å²) in [6, 6.07) is 31.2.